The van der Waals surface area contributed by atoms with Crippen molar-refractivity contribution in [1.82, 2.24) is 0 Å². The van der Waals surface area contributed by atoms with Crippen molar-refractivity contribution >= 4 is 14.5 Å². The molecule has 1 aromatic carbocycles. The summed E-state index contributed by atoms with van der Waals surface area (Å²) in [5.41, 5.74) is -1.61. The van der Waals surface area contributed by atoms with E-state index in [0.29, 0.717) is 12.1 Å². The standard InChI is InChI=1S/C14H17F5O4Si/c1-4-24(21-2,22-3)7-5-6-23-14(20)8-9(15)11(17)13(19)12(18)10(8)16/h4-7H2,1-3H3. The lowest BCUT2D eigenvalue weighted by Gasteiger charge is -2.25. The van der Waals surface area contributed by atoms with Gasteiger partial charge >= 0.3 is 14.5 Å². The van der Waals surface area contributed by atoms with Gasteiger partial charge in [0.2, 0.25) is 5.82 Å². The Morgan fingerprint density at radius 1 is 0.917 bits per heavy atom. The summed E-state index contributed by atoms with van der Waals surface area (Å²) in [6.45, 7) is 1.58. The molecule has 0 aliphatic heterocycles. The van der Waals surface area contributed by atoms with Gasteiger partial charge in [-0.3, -0.25) is 0 Å². The monoisotopic (exact) mass is 372 g/mol. The zero-order chi connectivity index (χ0) is 18.5. The van der Waals surface area contributed by atoms with Gasteiger partial charge in [-0.15, -0.1) is 0 Å². The van der Waals surface area contributed by atoms with Gasteiger partial charge in [0.25, 0.3) is 0 Å². The molecule has 0 aliphatic carbocycles. The SMILES string of the molecule is CC[Si](CCCOC(=O)c1c(F)c(F)c(F)c(F)c1F)(OC)OC. The highest BCUT2D eigenvalue weighted by atomic mass is 28.4. The van der Waals surface area contributed by atoms with E-state index in [9.17, 15) is 26.7 Å². The summed E-state index contributed by atoms with van der Waals surface area (Å²) >= 11 is 0. The van der Waals surface area contributed by atoms with Crippen LogP contribution in [0.1, 0.15) is 23.7 Å². The highest BCUT2D eigenvalue weighted by Gasteiger charge is 2.33. The van der Waals surface area contributed by atoms with Gasteiger partial charge in [-0.25, -0.2) is 26.7 Å². The number of hydrogen-bond donors (Lipinski definition) is 0. The average molecular weight is 372 g/mol. The van der Waals surface area contributed by atoms with Gasteiger partial charge in [0.15, 0.2) is 23.3 Å². The van der Waals surface area contributed by atoms with E-state index in [1.54, 1.807) is 0 Å². The Morgan fingerprint density at radius 2 is 1.38 bits per heavy atom. The lowest BCUT2D eigenvalue weighted by atomic mass is 10.1. The van der Waals surface area contributed by atoms with Crippen LogP contribution in [0.3, 0.4) is 0 Å². The van der Waals surface area contributed by atoms with Crippen LogP contribution in [0.4, 0.5) is 22.0 Å². The molecule has 0 saturated carbocycles. The molecule has 0 aliphatic rings. The van der Waals surface area contributed by atoms with Crippen LogP contribution in [0.15, 0.2) is 0 Å². The quantitative estimate of drug-likeness (QED) is 0.174. The molecule has 0 saturated heterocycles. The van der Waals surface area contributed by atoms with Crippen LogP contribution in [-0.4, -0.2) is 35.4 Å². The normalized spacial score (nSPS) is 11.7. The van der Waals surface area contributed by atoms with E-state index in [1.165, 1.54) is 14.2 Å². The highest BCUT2D eigenvalue weighted by Crippen LogP contribution is 2.24. The molecule has 0 unspecified atom stereocenters. The summed E-state index contributed by atoms with van der Waals surface area (Å²) in [7, 11) is 0.547. The molecule has 10 heteroatoms. The molecule has 0 radical (unpaired) electrons. The van der Waals surface area contributed by atoms with Gasteiger partial charge in [-0.2, -0.15) is 0 Å². The third-order valence-electron chi connectivity index (χ3n) is 3.63. The number of carbonyl (C=O) groups is 1. The lowest BCUT2D eigenvalue weighted by Crippen LogP contribution is -2.39. The summed E-state index contributed by atoms with van der Waals surface area (Å²) in [4.78, 5) is 11.6. The fraction of sp³-hybridized carbons (Fsp3) is 0.500. The van der Waals surface area contributed by atoms with Crippen LogP contribution in [0.25, 0.3) is 0 Å². The molecule has 24 heavy (non-hydrogen) atoms. The number of benzene rings is 1. The van der Waals surface area contributed by atoms with E-state index in [0.717, 1.165) is 0 Å². The first kappa shape index (κ1) is 20.5. The maximum Gasteiger partial charge on any atom is 0.344 e. The first-order chi connectivity index (χ1) is 11.2. The minimum atomic E-state index is -2.42. The van der Waals surface area contributed by atoms with E-state index < -0.39 is 49.2 Å². The number of hydrogen-bond acceptors (Lipinski definition) is 4. The van der Waals surface area contributed by atoms with E-state index in [1.807, 2.05) is 6.92 Å². The van der Waals surface area contributed by atoms with Gasteiger partial charge < -0.3 is 13.6 Å². The zero-order valence-corrected chi connectivity index (χ0v) is 14.4. The third-order valence-corrected chi connectivity index (χ3v) is 7.31. The largest absolute Gasteiger partial charge is 0.462 e. The summed E-state index contributed by atoms with van der Waals surface area (Å²) in [6, 6.07) is 1.06. The lowest BCUT2D eigenvalue weighted by molar-refractivity contribution is 0.0486. The predicted molar refractivity (Wildman–Crippen MR) is 76.2 cm³/mol. The molecule has 0 aromatic heterocycles. The van der Waals surface area contributed by atoms with Crippen LogP contribution >= 0.6 is 0 Å². The first-order valence-electron chi connectivity index (χ1n) is 7.03. The molecule has 0 fully saturated rings. The van der Waals surface area contributed by atoms with Gasteiger partial charge in [-0.1, -0.05) is 6.92 Å². The summed E-state index contributed by atoms with van der Waals surface area (Å²) in [6.07, 6.45) is 0.253. The molecule has 0 spiro atoms. The molecule has 1 rings (SSSR count). The Bertz CT molecular complexity index is 570. The topological polar surface area (TPSA) is 44.8 Å². The van der Waals surface area contributed by atoms with Crippen molar-refractivity contribution in [3.8, 4) is 0 Å². The smallest absolute Gasteiger partial charge is 0.344 e. The van der Waals surface area contributed by atoms with Crippen molar-refractivity contribution in [2.75, 3.05) is 20.8 Å². The number of halogens is 5. The fourth-order valence-corrected chi connectivity index (χ4v) is 4.30. The van der Waals surface area contributed by atoms with Gasteiger partial charge in [0.1, 0.15) is 5.56 Å². The number of rotatable bonds is 8. The van der Waals surface area contributed by atoms with E-state index in [4.69, 9.17) is 8.85 Å². The minimum absolute atomic E-state index is 0.253. The van der Waals surface area contributed by atoms with Crippen molar-refractivity contribution in [3.05, 3.63) is 34.6 Å². The Labute approximate surface area is 136 Å². The molecule has 0 bridgehead atoms. The molecule has 0 N–H and O–H groups in total. The fourth-order valence-electron chi connectivity index (χ4n) is 2.12. The van der Waals surface area contributed by atoms with E-state index in [2.05, 4.69) is 4.74 Å². The van der Waals surface area contributed by atoms with Crippen molar-refractivity contribution in [2.24, 2.45) is 0 Å². The average Bonchev–Trinajstić information content (AvgIpc) is 2.59. The summed E-state index contributed by atoms with van der Waals surface area (Å²) in [5, 5.41) is 0. The van der Waals surface area contributed by atoms with Crippen molar-refractivity contribution < 1.29 is 40.3 Å². The number of esters is 1. The molecule has 0 amide bonds. The number of ether oxygens (including phenoxy) is 1. The zero-order valence-electron chi connectivity index (χ0n) is 13.4. The molecule has 0 atom stereocenters. The van der Waals surface area contributed by atoms with Gasteiger partial charge in [0, 0.05) is 14.2 Å². The van der Waals surface area contributed by atoms with Crippen LogP contribution in [0, 0.1) is 29.1 Å². The molecule has 4 nitrogen and oxygen atoms in total. The van der Waals surface area contributed by atoms with Crippen LogP contribution < -0.4 is 0 Å². The number of carbonyl (C=O) groups excluding carboxylic acids is 1. The molecule has 0 heterocycles. The highest BCUT2D eigenvalue weighted by molar-refractivity contribution is 6.67. The Kier molecular flexibility index (Phi) is 7.30. The maximum atomic E-state index is 13.5. The first-order valence-corrected chi connectivity index (χ1v) is 9.26. The molecular weight excluding hydrogens is 355 g/mol. The Balaban J connectivity index is 2.77. The molecule has 1 aromatic rings. The minimum Gasteiger partial charge on any atom is -0.462 e. The Morgan fingerprint density at radius 3 is 1.79 bits per heavy atom. The van der Waals surface area contributed by atoms with Crippen LogP contribution in [0.2, 0.25) is 12.1 Å². The van der Waals surface area contributed by atoms with Crippen molar-refractivity contribution in [3.63, 3.8) is 0 Å². The predicted octanol–water partition coefficient (Wildman–Crippen LogP) is 3.68. The van der Waals surface area contributed by atoms with Crippen molar-refractivity contribution in [2.45, 2.75) is 25.4 Å². The molecule has 136 valence electrons. The maximum absolute atomic E-state index is 13.5. The van der Waals surface area contributed by atoms with Crippen LogP contribution in [0.5, 0.6) is 0 Å². The summed E-state index contributed by atoms with van der Waals surface area (Å²) in [5.74, 6) is -12.8. The van der Waals surface area contributed by atoms with Gasteiger partial charge in [-0.05, 0) is 18.5 Å². The van der Waals surface area contributed by atoms with E-state index >= 15 is 0 Å². The second-order valence-electron chi connectivity index (χ2n) is 4.86. The third kappa shape index (κ3) is 4.11. The van der Waals surface area contributed by atoms with E-state index in [-0.39, 0.29) is 13.0 Å². The van der Waals surface area contributed by atoms with Crippen molar-refractivity contribution in [1.29, 1.82) is 0 Å². The second kappa shape index (κ2) is 8.54. The Hall–Kier alpha value is -1.52. The van der Waals surface area contributed by atoms with Crippen LogP contribution in [-0.2, 0) is 13.6 Å². The molecular formula is C14H17F5O4Si. The summed E-state index contributed by atoms with van der Waals surface area (Å²) < 4.78 is 81.2. The van der Waals surface area contributed by atoms with Gasteiger partial charge in [0.05, 0.1) is 6.61 Å². The second-order valence-corrected chi connectivity index (χ2v) is 8.70.